The van der Waals surface area contributed by atoms with Gasteiger partial charge in [-0.1, -0.05) is 17.7 Å². The number of nitrogens with one attached hydrogen (secondary N) is 1. The first-order valence-corrected chi connectivity index (χ1v) is 7.46. The van der Waals surface area contributed by atoms with Gasteiger partial charge in [-0.3, -0.25) is 4.72 Å². The highest BCUT2D eigenvalue weighted by Crippen LogP contribution is 2.21. The molecule has 0 saturated heterocycles. The van der Waals surface area contributed by atoms with Crippen molar-refractivity contribution in [3.05, 3.63) is 54.4 Å². The van der Waals surface area contributed by atoms with Crippen molar-refractivity contribution < 1.29 is 12.8 Å². The molecule has 0 aliphatic heterocycles. The number of benzene rings is 2. The number of fused-ring (bicyclic) bond motifs is 1. The van der Waals surface area contributed by atoms with Crippen LogP contribution in [0.2, 0.25) is 0 Å². The zero-order valence-corrected chi connectivity index (χ0v) is 11.5. The van der Waals surface area contributed by atoms with Crippen molar-refractivity contribution in [2.45, 2.75) is 11.8 Å². The van der Waals surface area contributed by atoms with Crippen LogP contribution in [0.4, 0.5) is 5.69 Å². The molecule has 3 aromatic rings. The third kappa shape index (κ3) is 2.37. The highest BCUT2D eigenvalue weighted by Gasteiger charge is 2.14. The summed E-state index contributed by atoms with van der Waals surface area (Å²) in [6.45, 7) is 1.91. The summed E-state index contributed by atoms with van der Waals surface area (Å²) in [5.41, 5.74) is 2.68. The average Bonchev–Trinajstić information content (AvgIpc) is 2.86. The Hall–Kier alpha value is -2.34. The molecule has 1 aromatic heterocycles. The third-order valence-electron chi connectivity index (χ3n) is 2.91. The van der Waals surface area contributed by atoms with Crippen LogP contribution in [0.15, 0.2) is 58.2 Å². The topological polar surface area (TPSA) is 72.2 Å². The number of nitrogens with zero attached hydrogens (tertiary/aromatic N) is 1. The lowest BCUT2D eigenvalue weighted by atomic mass is 10.2. The van der Waals surface area contributed by atoms with E-state index in [1.807, 2.05) is 6.92 Å². The molecule has 0 saturated carbocycles. The maximum Gasteiger partial charge on any atom is 0.261 e. The average molecular weight is 288 g/mol. The highest BCUT2D eigenvalue weighted by molar-refractivity contribution is 7.92. The number of anilines is 1. The van der Waals surface area contributed by atoms with E-state index >= 15 is 0 Å². The second-order valence-electron chi connectivity index (χ2n) is 4.45. The molecule has 1 N–H and O–H groups in total. The van der Waals surface area contributed by atoms with Gasteiger partial charge in [-0.15, -0.1) is 0 Å². The largest absolute Gasteiger partial charge is 0.443 e. The summed E-state index contributed by atoms with van der Waals surface area (Å²) in [7, 11) is -3.59. The van der Waals surface area contributed by atoms with Crippen LogP contribution in [0, 0.1) is 6.92 Å². The summed E-state index contributed by atoms with van der Waals surface area (Å²) in [4.78, 5) is 4.22. The standard InChI is InChI=1S/C14H12N2O3S/c1-10-2-5-12(6-3-10)20(17,18)16-11-4-7-14-13(8-11)15-9-19-14/h2-9,16H,1H3. The molecule has 1 heterocycles. The quantitative estimate of drug-likeness (QED) is 0.804. The molecule has 2 aromatic carbocycles. The van der Waals surface area contributed by atoms with E-state index in [0.717, 1.165) is 5.56 Å². The summed E-state index contributed by atoms with van der Waals surface area (Å²) in [6, 6.07) is 11.6. The fourth-order valence-corrected chi connectivity index (χ4v) is 2.90. The summed E-state index contributed by atoms with van der Waals surface area (Å²) in [6.07, 6.45) is 1.32. The minimum atomic E-state index is -3.59. The molecule has 0 aliphatic rings. The van der Waals surface area contributed by atoms with Gasteiger partial charge in [-0.05, 0) is 37.3 Å². The van der Waals surface area contributed by atoms with Gasteiger partial charge in [-0.25, -0.2) is 13.4 Å². The van der Waals surface area contributed by atoms with Gasteiger partial charge in [0.15, 0.2) is 12.0 Å². The first-order chi connectivity index (χ1) is 9.54. The Morgan fingerprint density at radius 3 is 2.60 bits per heavy atom. The monoisotopic (exact) mass is 288 g/mol. The summed E-state index contributed by atoms with van der Waals surface area (Å²) >= 11 is 0. The zero-order chi connectivity index (χ0) is 14.2. The van der Waals surface area contributed by atoms with Crippen LogP contribution in [-0.2, 0) is 10.0 Å². The van der Waals surface area contributed by atoms with Crippen molar-refractivity contribution in [1.82, 2.24) is 4.98 Å². The normalized spacial score (nSPS) is 11.7. The van der Waals surface area contributed by atoms with Crippen LogP contribution in [0.3, 0.4) is 0 Å². The van der Waals surface area contributed by atoms with E-state index in [1.54, 1.807) is 42.5 Å². The van der Waals surface area contributed by atoms with Crippen LogP contribution in [-0.4, -0.2) is 13.4 Å². The lowest BCUT2D eigenvalue weighted by Gasteiger charge is -2.08. The second-order valence-corrected chi connectivity index (χ2v) is 6.14. The van der Waals surface area contributed by atoms with E-state index in [2.05, 4.69) is 9.71 Å². The van der Waals surface area contributed by atoms with Gasteiger partial charge in [0.05, 0.1) is 10.6 Å². The van der Waals surface area contributed by atoms with Crippen LogP contribution in [0.25, 0.3) is 11.1 Å². The van der Waals surface area contributed by atoms with Gasteiger partial charge < -0.3 is 4.42 Å². The van der Waals surface area contributed by atoms with Crippen LogP contribution in [0.5, 0.6) is 0 Å². The first-order valence-electron chi connectivity index (χ1n) is 5.97. The Kier molecular flexibility index (Phi) is 2.94. The Bertz CT molecular complexity index is 852. The zero-order valence-electron chi connectivity index (χ0n) is 10.7. The fraction of sp³-hybridized carbons (Fsp3) is 0.0714. The number of hydrogen-bond acceptors (Lipinski definition) is 4. The lowest BCUT2D eigenvalue weighted by molar-refractivity contribution is 0.600. The maximum atomic E-state index is 12.2. The number of sulfonamides is 1. The van der Waals surface area contributed by atoms with Crippen molar-refractivity contribution in [2.75, 3.05) is 4.72 Å². The van der Waals surface area contributed by atoms with E-state index in [-0.39, 0.29) is 4.90 Å². The van der Waals surface area contributed by atoms with E-state index in [4.69, 9.17) is 4.42 Å². The number of aryl methyl sites for hydroxylation is 1. The second kappa shape index (κ2) is 4.64. The van der Waals surface area contributed by atoms with Gasteiger partial charge in [0, 0.05) is 0 Å². The Balaban J connectivity index is 1.94. The number of oxazole rings is 1. The minimum Gasteiger partial charge on any atom is -0.443 e. The number of aromatic nitrogens is 1. The van der Waals surface area contributed by atoms with E-state index in [1.165, 1.54) is 6.39 Å². The minimum absolute atomic E-state index is 0.225. The number of rotatable bonds is 3. The predicted octanol–water partition coefficient (Wildman–Crippen LogP) is 2.94. The number of hydrogen-bond donors (Lipinski definition) is 1. The highest BCUT2D eigenvalue weighted by atomic mass is 32.2. The molecule has 20 heavy (non-hydrogen) atoms. The van der Waals surface area contributed by atoms with Crippen LogP contribution in [0.1, 0.15) is 5.56 Å². The van der Waals surface area contributed by atoms with E-state index in [9.17, 15) is 8.42 Å². The molecule has 0 spiro atoms. The fourth-order valence-electron chi connectivity index (χ4n) is 1.85. The lowest BCUT2D eigenvalue weighted by Crippen LogP contribution is -2.12. The first kappa shape index (κ1) is 12.7. The molecule has 0 bridgehead atoms. The van der Waals surface area contributed by atoms with Crippen LogP contribution < -0.4 is 4.72 Å². The van der Waals surface area contributed by atoms with Gasteiger partial charge in [0.1, 0.15) is 5.52 Å². The van der Waals surface area contributed by atoms with Gasteiger partial charge in [0.25, 0.3) is 10.0 Å². The molecular formula is C14H12N2O3S. The molecule has 0 atom stereocenters. The van der Waals surface area contributed by atoms with Gasteiger partial charge in [-0.2, -0.15) is 0 Å². The van der Waals surface area contributed by atoms with Gasteiger partial charge >= 0.3 is 0 Å². The molecule has 0 amide bonds. The Morgan fingerprint density at radius 1 is 1.10 bits per heavy atom. The summed E-state index contributed by atoms with van der Waals surface area (Å²) in [5, 5.41) is 0. The molecule has 3 rings (SSSR count). The third-order valence-corrected chi connectivity index (χ3v) is 4.31. The molecule has 0 unspecified atom stereocenters. The van der Waals surface area contributed by atoms with Crippen molar-refractivity contribution in [3.8, 4) is 0 Å². The van der Waals surface area contributed by atoms with Crippen molar-refractivity contribution in [3.63, 3.8) is 0 Å². The summed E-state index contributed by atoms with van der Waals surface area (Å²) in [5.74, 6) is 0. The molecule has 102 valence electrons. The summed E-state index contributed by atoms with van der Waals surface area (Å²) < 4.78 is 32.1. The SMILES string of the molecule is Cc1ccc(S(=O)(=O)Nc2ccc3ocnc3c2)cc1. The Labute approximate surface area is 116 Å². The molecule has 0 aliphatic carbocycles. The van der Waals surface area contributed by atoms with Crippen LogP contribution >= 0.6 is 0 Å². The van der Waals surface area contributed by atoms with Crippen molar-refractivity contribution in [2.24, 2.45) is 0 Å². The Morgan fingerprint density at radius 2 is 1.85 bits per heavy atom. The van der Waals surface area contributed by atoms with E-state index < -0.39 is 10.0 Å². The molecule has 6 heteroatoms. The molecule has 5 nitrogen and oxygen atoms in total. The smallest absolute Gasteiger partial charge is 0.261 e. The maximum absolute atomic E-state index is 12.2. The predicted molar refractivity (Wildman–Crippen MR) is 76.0 cm³/mol. The molecule has 0 radical (unpaired) electrons. The molecule has 0 fully saturated rings. The van der Waals surface area contributed by atoms with Gasteiger partial charge in [0.2, 0.25) is 0 Å². The van der Waals surface area contributed by atoms with E-state index in [0.29, 0.717) is 16.8 Å². The molecular weight excluding hydrogens is 276 g/mol. The van der Waals surface area contributed by atoms with Crippen molar-refractivity contribution in [1.29, 1.82) is 0 Å². The van der Waals surface area contributed by atoms with Crippen molar-refractivity contribution >= 4 is 26.8 Å².